The summed E-state index contributed by atoms with van der Waals surface area (Å²) in [5.41, 5.74) is 2.10. The first-order valence-electron chi connectivity index (χ1n) is 6.83. The van der Waals surface area contributed by atoms with Crippen LogP contribution < -0.4 is 0 Å². The molecule has 1 atom stereocenters. The normalized spacial score (nSPS) is 20.4. The van der Waals surface area contributed by atoms with Crippen molar-refractivity contribution in [1.29, 1.82) is 0 Å². The first-order chi connectivity index (χ1) is 8.90. The van der Waals surface area contributed by atoms with Crippen molar-refractivity contribution in [2.45, 2.75) is 44.4 Å². The highest BCUT2D eigenvalue weighted by atomic mass is 32.2. The van der Waals surface area contributed by atoms with Gasteiger partial charge in [0.25, 0.3) is 0 Å². The molecular weight excluding hydrogens is 242 g/mol. The van der Waals surface area contributed by atoms with E-state index < -0.39 is 0 Å². The second kappa shape index (κ2) is 5.31. The minimum absolute atomic E-state index is 0.569. The van der Waals surface area contributed by atoms with Crippen molar-refractivity contribution >= 4 is 22.9 Å². The molecule has 2 aromatic rings. The lowest BCUT2D eigenvalue weighted by Gasteiger charge is -2.21. The van der Waals surface area contributed by atoms with Gasteiger partial charge in [0.05, 0.1) is 5.25 Å². The van der Waals surface area contributed by atoms with Crippen LogP contribution in [0.3, 0.4) is 0 Å². The van der Waals surface area contributed by atoms with Gasteiger partial charge in [0.15, 0.2) is 5.65 Å². The van der Waals surface area contributed by atoms with Gasteiger partial charge in [0.1, 0.15) is 11.3 Å². The molecule has 0 saturated carbocycles. The molecule has 1 aliphatic rings. The fourth-order valence-corrected chi connectivity index (χ4v) is 3.93. The maximum absolute atomic E-state index is 4.83. The highest BCUT2D eigenvalue weighted by Crippen LogP contribution is 2.38. The standard InChI is InChI=1S/C14H19N3S/c1-2-9-17-13-11(6-5-8-15-13)16-14(17)12-7-3-4-10-18-12/h5-6,8,12H,2-4,7,9-10H2,1H3. The summed E-state index contributed by atoms with van der Waals surface area (Å²) in [5.74, 6) is 2.52. The molecule has 0 bridgehead atoms. The monoisotopic (exact) mass is 261 g/mol. The molecule has 96 valence electrons. The smallest absolute Gasteiger partial charge is 0.160 e. The topological polar surface area (TPSA) is 30.7 Å². The Kier molecular flexibility index (Phi) is 3.55. The van der Waals surface area contributed by atoms with E-state index in [0.717, 1.165) is 24.1 Å². The summed E-state index contributed by atoms with van der Waals surface area (Å²) >= 11 is 2.06. The number of imidazole rings is 1. The fourth-order valence-electron chi connectivity index (χ4n) is 2.61. The summed E-state index contributed by atoms with van der Waals surface area (Å²) < 4.78 is 2.33. The first kappa shape index (κ1) is 12.0. The number of hydrogen-bond acceptors (Lipinski definition) is 3. The predicted molar refractivity (Wildman–Crippen MR) is 76.9 cm³/mol. The van der Waals surface area contributed by atoms with Gasteiger partial charge in [0, 0.05) is 12.7 Å². The lowest BCUT2D eigenvalue weighted by atomic mass is 10.2. The maximum atomic E-state index is 4.83. The van der Waals surface area contributed by atoms with Crippen molar-refractivity contribution in [3.63, 3.8) is 0 Å². The molecule has 0 spiro atoms. The third-order valence-electron chi connectivity index (χ3n) is 3.45. The quantitative estimate of drug-likeness (QED) is 0.842. The van der Waals surface area contributed by atoms with Crippen LogP contribution in [0.15, 0.2) is 18.3 Å². The van der Waals surface area contributed by atoms with Crippen LogP contribution >= 0.6 is 11.8 Å². The number of fused-ring (bicyclic) bond motifs is 1. The Morgan fingerprint density at radius 2 is 2.39 bits per heavy atom. The van der Waals surface area contributed by atoms with Crippen LogP contribution in [0.1, 0.15) is 43.7 Å². The summed E-state index contributed by atoms with van der Waals surface area (Å²) in [6.45, 7) is 3.24. The zero-order valence-electron chi connectivity index (χ0n) is 10.8. The molecule has 2 aromatic heterocycles. The van der Waals surface area contributed by atoms with Gasteiger partial charge in [-0.1, -0.05) is 13.3 Å². The van der Waals surface area contributed by atoms with E-state index in [-0.39, 0.29) is 0 Å². The van der Waals surface area contributed by atoms with E-state index in [2.05, 4.69) is 34.3 Å². The molecular formula is C14H19N3S. The minimum atomic E-state index is 0.569. The fraction of sp³-hybridized carbons (Fsp3) is 0.571. The van der Waals surface area contributed by atoms with Crippen molar-refractivity contribution in [2.75, 3.05) is 5.75 Å². The zero-order chi connectivity index (χ0) is 12.4. The highest BCUT2D eigenvalue weighted by Gasteiger charge is 2.22. The Morgan fingerprint density at radius 3 is 3.17 bits per heavy atom. The van der Waals surface area contributed by atoms with E-state index in [1.54, 1.807) is 0 Å². The van der Waals surface area contributed by atoms with E-state index in [0.29, 0.717) is 5.25 Å². The van der Waals surface area contributed by atoms with Crippen molar-refractivity contribution in [2.24, 2.45) is 0 Å². The van der Waals surface area contributed by atoms with E-state index >= 15 is 0 Å². The summed E-state index contributed by atoms with van der Waals surface area (Å²) in [6.07, 6.45) is 6.95. The van der Waals surface area contributed by atoms with Crippen LogP contribution in [0.25, 0.3) is 11.2 Å². The van der Waals surface area contributed by atoms with Crippen molar-refractivity contribution < 1.29 is 0 Å². The molecule has 3 nitrogen and oxygen atoms in total. The van der Waals surface area contributed by atoms with Crippen LogP contribution in [0.4, 0.5) is 0 Å². The van der Waals surface area contributed by atoms with Gasteiger partial charge >= 0.3 is 0 Å². The molecule has 3 heterocycles. The number of pyridine rings is 1. The van der Waals surface area contributed by atoms with Crippen LogP contribution in [-0.4, -0.2) is 20.3 Å². The van der Waals surface area contributed by atoms with Gasteiger partial charge < -0.3 is 4.57 Å². The number of aromatic nitrogens is 3. The summed E-state index contributed by atoms with van der Waals surface area (Å²) in [4.78, 5) is 9.34. The number of aryl methyl sites for hydroxylation is 1. The highest BCUT2D eigenvalue weighted by molar-refractivity contribution is 7.99. The SMILES string of the molecule is CCCn1c(C2CCCCS2)nc2cccnc21. The van der Waals surface area contributed by atoms with Crippen molar-refractivity contribution in [3.8, 4) is 0 Å². The Hall–Kier alpha value is -1.03. The lowest BCUT2D eigenvalue weighted by Crippen LogP contribution is -2.10. The Balaban J connectivity index is 2.05. The Labute approximate surface area is 112 Å². The summed E-state index contributed by atoms with van der Waals surface area (Å²) in [6, 6.07) is 4.05. The van der Waals surface area contributed by atoms with Gasteiger partial charge in [-0.3, -0.25) is 0 Å². The molecule has 1 saturated heterocycles. The predicted octanol–water partition coefficient (Wildman–Crippen LogP) is 3.80. The Morgan fingerprint density at radius 1 is 1.44 bits per heavy atom. The third-order valence-corrected chi connectivity index (χ3v) is 4.82. The van der Waals surface area contributed by atoms with E-state index in [1.807, 2.05) is 12.3 Å². The van der Waals surface area contributed by atoms with E-state index in [1.165, 1.54) is 30.8 Å². The number of rotatable bonds is 3. The molecule has 0 N–H and O–H groups in total. The van der Waals surface area contributed by atoms with Crippen LogP contribution in [0.2, 0.25) is 0 Å². The van der Waals surface area contributed by atoms with E-state index in [4.69, 9.17) is 4.98 Å². The second-order valence-electron chi connectivity index (χ2n) is 4.82. The average molecular weight is 261 g/mol. The van der Waals surface area contributed by atoms with Gasteiger partial charge in [0.2, 0.25) is 0 Å². The summed E-state index contributed by atoms with van der Waals surface area (Å²) in [5, 5.41) is 0.569. The lowest BCUT2D eigenvalue weighted by molar-refractivity contribution is 0.601. The number of nitrogens with zero attached hydrogens (tertiary/aromatic N) is 3. The number of thioether (sulfide) groups is 1. The molecule has 3 rings (SSSR count). The van der Waals surface area contributed by atoms with Gasteiger partial charge in [-0.2, -0.15) is 11.8 Å². The molecule has 0 amide bonds. The minimum Gasteiger partial charge on any atom is -0.312 e. The van der Waals surface area contributed by atoms with Gasteiger partial charge in [-0.25, -0.2) is 9.97 Å². The van der Waals surface area contributed by atoms with Crippen LogP contribution in [0.5, 0.6) is 0 Å². The van der Waals surface area contributed by atoms with E-state index in [9.17, 15) is 0 Å². The van der Waals surface area contributed by atoms with Crippen LogP contribution in [-0.2, 0) is 6.54 Å². The largest absolute Gasteiger partial charge is 0.312 e. The zero-order valence-corrected chi connectivity index (χ0v) is 11.6. The number of hydrogen-bond donors (Lipinski definition) is 0. The Bertz CT molecular complexity index is 529. The summed E-state index contributed by atoms with van der Waals surface area (Å²) in [7, 11) is 0. The van der Waals surface area contributed by atoms with Crippen molar-refractivity contribution in [3.05, 3.63) is 24.2 Å². The molecule has 1 unspecified atom stereocenters. The van der Waals surface area contributed by atoms with Crippen LogP contribution in [0, 0.1) is 0 Å². The molecule has 4 heteroatoms. The maximum Gasteiger partial charge on any atom is 0.160 e. The molecule has 0 aromatic carbocycles. The molecule has 1 fully saturated rings. The molecule has 18 heavy (non-hydrogen) atoms. The van der Waals surface area contributed by atoms with Crippen molar-refractivity contribution in [1.82, 2.24) is 14.5 Å². The average Bonchev–Trinajstić information content (AvgIpc) is 2.80. The third kappa shape index (κ3) is 2.14. The molecule has 1 aliphatic heterocycles. The first-order valence-corrected chi connectivity index (χ1v) is 7.87. The molecule has 0 radical (unpaired) electrons. The van der Waals surface area contributed by atoms with Gasteiger partial charge in [-0.05, 0) is 37.1 Å². The van der Waals surface area contributed by atoms with Gasteiger partial charge in [-0.15, -0.1) is 0 Å². The second-order valence-corrected chi connectivity index (χ2v) is 6.13. The molecule has 0 aliphatic carbocycles.